The number of carbonyl (C=O) groups is 2. The van der Waals surface area contributed by atoms with Gasteiger partial charge in [-0.05, 0) is 35.7 Å². The number of rotatable bonds is 5. The van der Waals surface area contributed by atoms with Crippen LogP contribution >= 0.6 is 34.5 Å². The van der Waals surface area contributed by atoms with Crippen molar-refractivity contribution in [2.24, 2.45) is 0 Å². The Bertz CT molecular complexity index is 1290. The van der Waals surface area contributed by atoms with Gasteiger partial charge in [-0.2, -0.15) is 0 Å². The van der Waals surface area contributed by atoms with Crippen LogP contribution in [0.1, 0.15) is 16.5 Å². The molecule has 1 amide bonds. The van der Waals surface area contributed by atoms with Gasteiger partial charge in [-0.15, -0.1) is 11.3 Å². The van der Waals surface area contributed by atoms with Crippen LogP contribution in [0.25, 0.3) is 5.76 Å². The van der Waals surface area contributed by atoms with Crippen LogP contribution in [0.2, 0.25) is 10.0 Å². The van der Waals surface area contributed by atoms with Gasteiger partial charge in [0.2, 0.25) is 0 Å². The summed E-state index contributed by atoms with van der Waals surface area (Å²) in [5.74, 6) is -2.83. The molecule has 1 unspecified atom stereocenters. The summed E-state index contributed by atoms with van der Waals surface area (Å²) in [4.78, 5) is 28.0. The first kappa shape index (κ1) is 23.1. The molecule has 0 spiro atoms. The zero-order valence-corrected chi connectivity index (χ0v) is 19.6. The number of amides is 1. The van der Waals surface area contributed by atoms with Crippen LogP contribution in [0.15, 0.2) is 53.4 Å². The largest absolute Gasteiger partial charge is 0.507 e. The molecule has 1 atom stereocenters. The molecule has 6 nitrogen and oxygen atoms in total. The van der Waals surface area contributed by atoms with E-state index in [0.717, 1.165) is 11.0 Å². The molecule has 170 valence electrons. The van der Waals surface area contributed by atoms with E-state index >= 15 is 0 Å². The summed E-state index contributed by atoms with van der Waals surface area (Å²) in [5.41, 5.74) is -0.0262. The first-order chi connectivity index (χ1) is 15.8. The molecule has 2 aromatic carbocycles. The highest BCUT2D eigenvalue weighted by Gasteiger charge is 2.48. The zero-order valence-electron chi connectivity index (χ0n) is 17.3. The van der Waals surface area contributed by atoms with Crippen molar-refractivity contribution in [1.82, 2.24) is 0 Å². The fourth-order valence-corrected chi connectivity index (χ4v) is 5.24. The Morgan fingerprint density at radius 1 is 1.09 bits per heavy atom. The van der Waals surface area contributed by atoms with Gasteiger partial charge in [0.25, 0.3) is 11.7 Å². The minimum Gasteiger partial charge on any atom is -0.507 e. The van der Waals surface area contributed by atoms with Crippen LogP contribution in [-0.4, -0.2) is 31.0 Å². The Morgan fingerprint density at radius 3 is 2.42 bits per heavy atom. The summed E-state index contributed by atoms with van der Waals surface area (Å²) in [7, 11) is 2.70. The maximum Gasteiger partial charge on any atom is 0.300 e. The van der Waals surface area contributed by atoms with Crippen LogP contribution in [0.5, 0.6) is 11.5 Å². The van der Waals surface area contributed by atoms with E-state index in [1.807, 2.05) is 0 Å². The molecule has 2 heterocycles. The number of benzene rings is 2. The number of methoxy groups -OCH3 is 2. The average molecular weight is 508 g/mol. The van der Waals surface area contributed by atoms with Crippen LogP contribution in [0.3, 0.4) is 0 Å². The number of ketones is 1. The van der Waals surface area contributed by atoms with E-state index in [0.29, 0.717) is 4.88 Å². The van der Waals surface area contributed by atoms with E-state index in [2.05, 4.69) is 0 Å². The van der Waals surface area contributed by atoms with Gasteiger partial charge in [0.1, 0.15) is 22.6 Å². The van der Waals surface area contributed by atoms with Gasteiger partial charge in [-0.25, -0.2) is 4.39 Å². The molecular formula is C23H16Cl2FNO5S. The second-order valence-corrected chi connectivity index (χ2v) is 8.72. The lowest BCUT2D eigenvalue weighted by Crippen LogP contribution is -2.29. The molecule has 10 heteroatoms. The van der Waals surface area contributed by atoms with Gasteiger partial charge < -0.3 is 14.6 Å². The van der Waals surface area contributed by atoms with E-state index in [4.69, 9.17) is 32.7 Å². The first-order valence-electron chi connectivity index (χ1n) is 9.50. The topological polar surface area (TPSA) is 76.1 Å². The molecule has 1 aromatic heterocycles. The molecule has 4 rings (SSSR count). The SMILES string of the molecule is COc1c(Cl)cc(/C(O)=C2/C(=O)C(=O)N(c3cccc(F)c3)C2c2cccs2)c(OC)c1Cl. The second kappa shape index (κ2) is 9.05. The quantitative estimate of drug-likeness (QED) is 0.266. The second-order valence-electron chi connectivity index (χ2n) is 6.95. The zero-order chi connectivity index (χ0) is 23.9. The monoisotopic (exact) mass is 507 g/mol. The first-order valence-corrected chi connectivity index (χ1v) is 11.1. The normalized spacial score (nSPS) is 17.5. The highest BCUT2D eigenvalue weighted by atomic mass is 35.5. The lowest BCUT2D eigenvalue weighted by atomic mass is 9.99. The maximum atomic E-state index is 14.0. The molecule has 3 aromatic rings. The van der Waals surface area contributed by atoms with Crippen molar-refractivity contribution in [3.63, 3.8) is 0 Å². The molecule has 0 saturated carbocycles. The number of thiophene rings is 1. The maximum absolute atomic E-state index is 14.0. The molecule has 0 bridgehead atoms. The summed E-state index contributed by atoms with van der Waals surface area (Å²) >= 11 is 13.9. The van der Waals surface area contributed by atoms with Crippen molar-refractivity contribution in [3.05, 3.63) is 79.7 Å². The molecule has 1 aliphatic rings. The summed E-state index contributed by atoms with van der Waals surface area (Å²) in [6.45, 7) is 0. The van der Waals surface area contributed by atoms with E-state index in [1.165, 1.54) is 49.8 Å². The lowest BCUT2D eigenvalue weighted by Gasteiger charge is -2.24. The number of hydrogen-bond donors (Lipinski definition) is 1. The van der Waals surface area contributed by atoms with Crippen molar-refractivity contribution in [2.75, 3.05) is 19.1 Å². The predicted molar refractivity (Wildman–Crippen MR) is 125 cm³/mol. The highest BCUT2D eigenvalue weighted by molar-refractivity contribution is 7.10. The molecule has 0 aliphatic carbocycles. The summed E-state index contributed by atoms with van der Waals surface area (Å²) < 4.78 is 24.5. The van der Waals surface area contributed by atoms with Gasteiger partial charge in [0, 0.05) is 10.6 Å². The molecule has 1 saturated heterocycles. The molecule has 1 fully saturated rings. The molecular weight excluding hydrogens is 492 g/mol. The number of Topliss-reactive ketones (excluding diaryl/α,β-unsaturated/α-hetero) is 1. The minimum atomic E-state index is -1.00. The van der Waals surface area contributed by atoms with Gasteiger partial charge in [-0.3, -0.25) is 14.5 Å². The number of carbonyl (C=O) groups excluding carboxylic acids is 2. The highest BCUT2D eigenvalue weighted by Crippen LogP contribution is 2.48. The number of hydrogen-bond acceptors (Lipinski definition) is 6. The standard InChI is InChI=1S/C23H16Cl2FNO5S/c1-31-21-13(10-14(24)22(32-2)17(21)25)19(28)16-18(15-7-4-8-33-15)27(23(30)20(16)29)12-6-3-5-11(26)9-12/h3-10,18,28H,1-2H3/b19-16-. The number of halogens is 3. The fraction of sp³-hybridized carbons (Fsp3) is 0.130. The lowest BCUT2D eigenvalue weighted by molar-refractivity contribution is -0.132. The van der Waals surface area contributed by atoms with Crippen molar-refractivity contribution < 1.29 is 28.6 Å². The van der Waals surface area contributed by atoms with Crippen molar-refractivity contribution in [2.45, 2.75) is 6.04 Å². The third-order valence-corrected chi connectivity index (χ3v) is 6.69. The van der Waals surface area contributed by atoms with Crippen molar-refractivity contribution >= 4 is 57.7 Å². The van der Waals surface area contributed by atoms with E-state index < -0.39 is 29.3 Å². The molecule has 0 radical (unpaired) electrons. The number of nitrogens with zero attached hydrogens (tertiary/aromatic N) is 1. The number of aliphatic hydroxyl groups excluding tert-OH is 1. The van der Waals surface area contributed by atoms with Crippen LogP contribution in [-0.2, 0) is 9.59 Å². The third-order valence-electron chi connectivity index (χ3n) is 5.14. The summed E-state index contributed by atoms with van der Waals surface area (Å²) in [6.07, 6.45) is 0. The minimum absolute atomic E-state index is 0.00657. The predicted octanol–water partition coefficient (Wildman–Crippen LogP) is 5.84. The summed E-state index contributed by atoms with van der Waals surface area (Å²) in [6, 6.07) is 9.11. The van der Waals surface area contributed by atoms with Crippen LogP contribution in [0.4, 0.5) is 10.1 Å². The molecule has 1 aliphatic heterocycles. The van der Waals surface area contributed by atoms with Crippen molar-refractivity contribution in [1.29, 1.82) is 0 Å². The Morgan fingerprint density at radius 2 is 1.82 bits per heavy atom. The number of anilines is 1. The molecule has 33 heavy (non-hydrogen) atoms. The van der Waals surface area contributed by atoms with E-state index in [9.17, 15) is 19.1 Å². The number of ether oxygens (including phenoxy) is 2. The van der Waals surface area contributed by atoms with Crippen LogP contribution < -0.4 is 14.4 Å². The number of aliphatic hydroxyl groups is 1. The smallest absolute Gasteiger partial charge is 0.300 e. The van der Waals surface area contributed by atoms with Gasteiger partial charge in [-0.1, -0.05) is 35.3 Å². The Labute approximate surface area is 202 Å². The van der Waals surface area contributed by atoms with Crippen LogP contribution in [0, 0.1) is 5.82 Å². The summed E-state index contributed by atoms with van der Waals surface area (Å²) in [5, 5.41) is 13.1. The Balaban J connectivity index is 1.99. The van der Waals surface area contributed by atoms with E-state index in [-0.39, 0.29) is 38.4 Å². The van der Waals surface area contributed by atoms with Crippen molar-refractivity contribution in [3.8, 4) is 11.5 Å². The Hall–Kier alpha value is -3.07. The Kier molecular flexibility index (Phi) is 6.34. The van der Waals surface area contributed by atoms with E-state index in [1.54, 1.807) is 17.5 Å². The molecule has 1 N–H and O–H groups in total. The van der Waals surface area contributed by atoms with Gasteiger partial charge in [0.15, 0.2) is 11.5 Å². The van der Waals surface area contributed by atoms with Gasteiger partial charge in [0.05, 0.1) is 30.4 Å². The fourth-order valence-electron chi connectivity index (χ4n) is 3.73. The average Bonchev–Trinajstić information content (AvgIpc) is 3.40. The third kappa shape index (κ3) is 3.84. The van der Waals surface area contributed by atoms with Gasteiger partial charge >= 0.3 is 0 Å².